The summed E-state index contributed by atoms with van der Waals surface area (Å²) in [5.74, 6) is 0.572. The fourth-order valence-corrected chi connectivity index (χ4v) is 3.34. The molecule has 0 bridgehead atoms. The Bertz CT molecular complexity index is 1290. The van der Waals surface area contributed by atoms with Crippen LogP contribution in [0.4, 0.5) is 0 Å². The number of esters is 1. The van der Waals surface area contributed by atoms with Crippen molar-refractivity contribution >= 4 is 27.5 Å². The van der Waals surface area contributed by atoms with Crippen LogP contribution in [0.2, 0.25) is 0 Å². The molecule has 0 radical (unpaired) electrons. The van der Waals surface area contributed by atoms with Gasteiger partial charge in [0.25, 0.3) is 5.56 Å². The first kappa shape index (κ1) is 21.6. The van der Waals surface area contributed by atoms with Crippen LogP contribution in [0.3, 0.4) is 0 Å². The molecular weight excluding hydrogens is 476 g/mol. The maximum atomic E-state index is 12.6. The van der Waals surface area contributed by atoms with Crippen molar-refractivity contribution in [3.05, 3.63) is 105 Å². The number of carbonyl (C=O) groups is 1. The van der Waals surface area contributed by atoms with E-state index in [1.807, 2.05) is 30.3 Å². The number of hydrogen-bond donors (Lipinski definition) is 0. The summed E-state index contributed by atoms with van der Waals surface area (Å²) in [4.78, 5) is 29.3. The monoisotopic (exact) mass is 494 g/mol. The number of fused-ring (bicyclic) bond motifs is 1. The number of nitrogens with zero attached hydrogens (tertiary/aromatic N) is 2. The zero-order valence-electron chi connectivity index (χ0n) is 16.9. The third kappa shape index (κ3) is 5.33. The van der Waals surface area contributed by atoms with Gasteiger partial charge >= 0.3 is 5.97 Å². The van der Waals surface area contributed by atoms with Crippen molar-refractivity contribution in [1.82, 2.24) is 9.38 Å². The molecule has 0 aliphatic carbocycles. The number of benzene rings is 2. The Hall–Kier alpha value is -3.65. The molecule has 7 nitrogen and oxygen atoms in total. The average Bonchev–Trinajstić information content (AvgIpc) is 2.82. The van der Waals surface area contributed by atoms with Gasteiger partial charge in [0.15, 0.2) is 0 Å². The molecule has 2 heterocycles. The van der Waals surface area contributed by atoms with Gasteiger partial charge in [-0.2, -0.15) is 0 Å². The van der Waals surface area contributed by atoms with E-state index in [0.29, 0.717) is 23.7 Å². The number of aromatic nitrogens is 2. The number of ether oxygens (including phenoxy) is 3. The number of carbonyl (C=O) groups excluding carboxylic acids is 1. The van der Waals surface area contributed by atoms with E-state index in [1.165, 1.54) is 10.5 Å². The minimum Gasteiger partial charge on any atom is -0.490 e. The van der Waals surface area contributed by atoms with E-state index in [0.717, 1.165) is 10.2 Å². The Morgan fingerprint density at radius 1 is 0.938 bits per heavy atom. The van der Waals surface area contributed by atoms with Gasteiger partial charge in [0.1, 0.15) is 42.5 Å². The molecule has 0 amide bonds. The highest BCUT2D eigenvalue weighted by atomic mass is 79.9. The van der Waals surface area contributed by atoms with Crippen LogP contribution in [0.1, 0.15) is 16.1 Å². The molecule has 0 saturated carbocycles. The molecule has 8 heteroatoms. The van der Waals surface area contributed by atoms with Crippen molar-refractivity contribution in [3.63, 3.8) is 0 Å². The normalized spacial score (nSPS) is 10.7. The first-order valence-electron chi connectivity index (χ1n) is 9.85. The Morgan fingerprint density at radius 3 is 2.53 bits per heavy atom. The Balaban J connectivity index is 1.38. The second-order valence-corrected chi connectivity index (χ2v) is 7.66. The summed E-state index contributed by atoms with van der Waals surface area (Å²) >= 11 is 3.33. The van der Waals surface area contributed by atoms with Crippen molar-refractivity contribution in [1.29, 1.82) is 0 Å². The molecule has 4 aromatic rings. The lowest BCUT2D eigenvalue weighted by Crippen LogP contribution is -2.17. The lowest BCUT2D eigenvalue weighted by Gasteiger charge is -2.12. The molecule has 0 saturated heterocycles. The van der Waals surface area contributed by atoms with Gasteiger partial charge in [0, 0.05) is 16.7 Å². The van der Waals surface area contributed by atoms with Crippen molar-refractivity contribution in [2.45, 2.75) is 6.61 Å². The predicted molar refractivity (Wildman–Crippen MR) is 122 cm³/mol. The predicted octanol–water partition coefficient (Wildman–Crippen LogP) is 4.27. The minimum atomic E-state index is -0.567. The molecule has 2 aromatic heterocycles. The molecule has 0 unspecified atom stereocenters. The van der Waals surface area contributed by atoms with Gasteiger partial charge in [0.2, 0.25) is 0 Å². The lowest BCUT2D eigenvalue weighted by atomic mass is 10.2. The molecule has 32 heavy (non-hydrogen) atoms. The average molecular weight is 495 g/mol. The summed E-state index contributed by atoms with van der Waals surface area (Å²) in [5, 5.41) is 0. The summed E-state index contributed by atoms with van der Waals surface area (Å²) in [5.41, 5.74) is 0.854. The minimum absolute atomic E-state index is 0.133. The molecule has 0 aliphatic rings. The van der Waals surface area contributed by atoms with Gasteiger partial charge in [-0.25, -0.2) is 9.78 Å². The van der Waals surface area contributed by atoms with Gasteiger partial charge in [-0.15, -0.1) is 0 Å². The van der Waals surface area contributed by atoms with Gasteiger partial charge in [-0.05, 0) is 52.3 Å². The highest BCUT2D eigenvalue weighted by Crippen LogP contribution is 2.20. The van der Waals surface area contributed by atoms with Crippen LogP contribution in [0.15, 0.2) is 88.3 Å². The Kier molecular flexibility index (Phi) is 6.81. The standard InChI is InChI=1S/C24H19BrN2O5/c25-17-10-11-22-26-18(14-23(28)27(22)15-17)16-32-24(29)20-8-4-5-9-21(20)31-13-12-30-19-6-2-1-3-7-19/h1-11,14-15H,12-13,16H2. The van der Waals surface area contributed by atoms with Crippen molar-refractivity contribution in [2.75, 3.05) is 13.2 Å². The first-order valence-corrected chi connectivity index (χ1v) is 10.6. The number of rotatable bonds is 8. The van der Waals surface area contributed by atoms with E-state index in [9.17, 15) is 9.59 Å². The van der Waals surface area contributed by atoms with E-state index in [-0.39, 0.29) is 24.3 Å². The zero-order chi connectivity index (χ0) is 22.3. The molecule has 0 spiro atoms. The van der Waals surface area contributed by atoms with Crippen LogP contribution in [-0.2, 0) is 11.3 Å². The summed E-state index contributed by atoms with van der Waals surface area (Å²) in [6, 6.07) is 21.0. The number of hydrogen-bond acceptors (Lipinski definition) is 6. The first-order chi connectivity index (χ1) is 15.6. The maximum absolute atomic E-state index is 12.6. The fraction of sp³-hybridized carbons (Fsp3) is 0.125. The third-order valence-electron chi connectivity index (χ3n) is 4.49. The second-order valence-electron chi connectivity index (χ2n) is 6.74. The summed E-state index contributed by atoms with van der Waals surface area (Å²) in [6.07, 6.45) is 1.63. The zero-order valence-corrected chi connectivity index (χ0v) is 18.5. The Morgan fingerprint density at radius 2 is 1.69 bits per heavy atom. The molecule has 4 rings (SSSR count). The van der Waals surface area contributed by atoms with Crippen LogP contribution in [-0.4, -0.2) is 28.6 Å². The Labute approximate surface area is 192 Å². The summed E-state index contributed by atoms with van der Waals surface area (Å²) in [7, 11) is 0. The van der Waals surface area contributed by atoms with Crippen molar-refractivity contribution < 1.29 is 19.0 Å². The highest BCUT2D eigenvalue weighted by molar-refractivity contribution is 9.10. The molecule has 0 atom stereocenters. The van der Waals surface area contributed by atoms with Gasteiger partial charge in [-0.3, -0.25) is 9.20 Å². The summed E-state index contributed by atoms with van der Waals surface area (Å²) in [6.45, 7) is 0.457. The van der Waals surface area contributed by atoms with E-state index < -0.39 is 5.97 Å². The topological polar surface area (TPSA) is 79.1 Å². The number of para-hydroxylation sites is 2. The van der Waals surface area contributed by atoms with Crippen molar-refractivity contribution in [3.8, 4) is 11.5 Å². The van der Waals surface area contributed by atoms with Gasteiger partial charge in [0.05, 0.1) is 5.69 Å². The maximum Gasteiger partial charge on any atom is 0.342 e. The number of pyridine rings is 1. The lowest BCUT2D eigenvalue weighted by molar-refractivity contribution is 0.0462. The largest absolute Gasteiger partial charge is 0.490 e. The van der Waals surface area contributed by atoms with Crippen molar-refractivity contribution in [2.24, 2.45) is 0 Å². The van der Waals surface area contributed by atoms with E-state index in [2.05, 4.69) is 20.9 Å². The van der Waals surface area contributed by atoms with E-state index in [4.69, 9.17) is 14.2 Å². The summed E-state index contributed by atoms with van der Waals surface area (Å²) < 4.78 is 18.9. The van der Waals surface area contributed by atoms with Crippen LogP contribution >= 0.6 is 15.9 Å². The molecular formula is C24H19BrN2O5. The smallest absolute Gasteiger partial charge is 0.342 e. The van der Waals surface area contributed by atoms with Crippen LogP contribution in [0.5, 0.6) is 11.5 Å². The van der Waals surface area contributed by atoms with Crippen LogP contribution < -0.4 is 15.0 Å². The highest BCUT2D eigenvalue weighted by Gasteiger charge is 2.15. The second kappa shape index (κ2) is 10.1. The third-order valence-corrected chi connectivity index (χ3v) is 4.96. The molecule has 162 valence electrons. The molecule has 0 N–H and O–H groups in total. The van der Waals surface area contributed by atoms with Crippen LogP contribution in [0.25, 0.3) is 5.65 Å². The molecule has 0 aliphatic heterocycles. The number of halogens is 1. The van der Waals surface area contributed by atoms with Gasteiger partial charge in [-0.1, -0.05) is 30.3 Å². The fourth-order valence-electron chi connectivity index (χ4n) is 3.01. The van der Waals surface area contributed by atoms with Gasteiger partial charge < -0.3 is 14.2 Å². The quantitative estimate of drug-likeness (QED) is 0.268. The molecule has 0 fully saturated rings. The SMILES string of the molecule is O=C(OCc1cc(=O)n2cc(Br)ccc2n1)c1ccccc1OCCOc1ccccc1. The van der Waals surface area contributed by atoms with E-state index >= 15 is 0 Å². The van der Waals surface area contributed by atoms with E-state index in [1.54, 1.807) is 42.6 Å². The van der Waals surface area contributed by atoms with Crippen LogP contribution in [0, 0.1) is 0 Å². The molecule has 2 aromatic carbocycles.